The van der Waals surface area contributed by atoms with Crippen LogP contribution in [-0.4, -0.2) is 19.8 Å². The second-order valence-corrected chi connectivity index (χ2v) is 7.20. The van der Waals surface area contributed by atoms with E-state index in [0.717, 1.165) is 17.2 Å². The Hall–Kier alpha value is -1.75. The molecule has 3 aromatic rings. The lowest BCUT2D eigenvalue weighted by Crippen LogP contribution is -2.00. The van der Waals surface area contributed by atoms with E-state index in [-0.39, 0.29) is 0 Å². The van der Waals surface area contributed by atoms with Crippen LogP contribution in [0, 0.1) is 0 Å². The molecule has 1 unspecified atom stereocenters. The maximum absolute atomic E-state index is 4.78. The predicted molar refractivity (Wildman–Crippen MR) is 81.8 cm³/mol. The number of benzene rings is 1. The van der Waals surface area contributed by atoms with E-state index in [1.165, 1.54) is 41.8 Å². The summed E-state index contributed by atoms with van der Waals surface area (Å²) in [6.45, 7) is 0. The normalized spacial score (nSPS) is 21.0. The number of hydrogen-bond acceptors (Lipinski definition) is 4. The average molecular weight is 296 g/mol. The summed E-state index contributed by atoms with van der Waals surface area (Å²) in [5.74, 6) is 2.29. The zero-order valence-electron chi connectivity index (χ0n) is 11.7. The number of aryl methyl sites for hydroxylation is 1. The molecule has 2 aliphatic rings. The Labute approximate surface area is 126 Å². The Morgan fingerprint density at radius 1 is 1.14 bits per heavy atom. The van der Waals surface area contributed by atoms with Gasteiger partial charge in [-0.1, -0.05) is 35.6 Å². The first-order valence-corrected chi connectivity index (χ1v) is 8.49. The second-order valence-electron chi connectivity index (χ2n) is 6.16. The molecule has 1 saturated carbocycles. The van der Waals surface area contributed by atoms with Crippen molar-refractivity contribution in [2.75, 3.05) is 0 Å². The van der Waals surface area contributed by atoms with E-state index in [1.807, 2.05) is 4.52 Å². The standard InChI is InChI=1S/C16H16N4S/c1-2-4-13-10(3-1)5-8-12(13)9-14-19-20-15(11-6-7-11)17-18-16(20)21-14/h1-4,11-12H,5-9H2. The summed E-state index contributed by atoms with van der Waals surface area (Å²) in [5, 5.41) is 14.6. The van der Waals surface area contributed by atoms with Gasteiger partial charge in [0.05, 0.1) is 0 Å². The van der Waals surface area contributed by atoms with Crippen molar-refractivity contribution in [1.82, 2.24) is 19.8 Å². The number of fused-ring (bicyclic) bond motifs is 2. The summed E-state index contributed by atoms with van der Waals surface area (Å²) in [6, 6.07) is 8.84. The fourth-order valence-electron chi connectivity index (χ4n) is 3.42. The van der Waals surface area contributed by atoms with Gasteiger partial charge in [0.25, 0.3) is 0 Å². The SMILES string of the molecule is c1ccc2c(c1)CCC2Cc1nn2c(C3CC3)nnc2s1. The maximum Gasteiger partial charge on any atom is 0.234 e. The molecule has 0 saturated heterocycles. The highest BCUT2D eigenvalue weighted by atomic mass is 32.1. The smallest absolute Gasteiger partial charge is 0.187 e. The molecule has 0 bridgehead atoms. The molecule has 1 atom stereocenters. The lowest BCUT2D eigenvalue weighted by molar-refractivity contribution is 0.660. The number of hydrogen-bond donors (Lipinski definition) is 0. The van der Waals surface area contributed by atoms with Gasteiger partial charge in [0.2, 0.25) is 4.96 Å². The molecule has 1 aromatic carbocycles. The third-order valence-corrected chi connectivity index (χ3v) is 5.60. The quantitative estimate of drug-likeness (QED) is 0.744. The van der Waals surface area contributed by atoms with E-state index in [9.17, 15) is 0 Å². The van der Waals surface area contributed by atoms with Crippen LogP contribution in [0.25, 0.3) is 4.96 Å². The minimum Gasteiger partial charge on any atom is -0.187 e. The molecule has 0 aliphatic heterocycles. The highest BCUT2D eigenvalue weighted by Gasteiger charge is 2.30. The number of aromatic nitrogens is 4. The number of rotatable bonds is 3. The van der Waals surface area contributed by atoms with Gasteiger partial charge in [-0.25, -0.2) is 0 Å². The minimum atomic E-state index is 0.599. The van der Waals surface area contributed by atoms with Crippen molar-refractivity contribution in [2.45, 2.75) is 43.9 Å². The van der Waals surface area contributed by atoms with Crippen LogP contribution in [0.15, 0.2) is 24.3 Å². The fourth-order valence-corrected chi connectivity index (χ4v) is 4.34. The first-order chi connectivity index (χ1) is 10.4. The van der Waals surface area contributed by atoms with E-state index in [1.54, 1.807) is 11.3 Å². The van der Waals surface area contributed by atoms with Gasteiger partial charge < -0.3 is 0 Å². The highest BCUT2D eigenvalue weighted by molar-refractivity contribution is 7.16. The van der Waals surface area contributed by atoms with Crippen LogP contribution >= 0.6 is 11.3 Å². The Kier molecular flexibility index (Phi) is 2.47. The second kappa shape index (κ2) is 4.37. The fraction of sp³-hybridized carbons (Fsp3) is 0.438. The Morgan fingerprint density at radius 3 is 2.95 bits per heavy atom. The molecule has 0 amide bonds. The Balaban J connectivity index is 1.46. The van der Waals surface area contributed by atoms with Gasteiger partial charge in [0.15, 0.2) is 5.82 Å². The third kappa shape index (κ3) is 1.91. The van der Waals surface area contributed by atoms with Crippen LogP contribution in [0.2, 0.25) is 0 Å². The van der Waals surface area contributed by atoms with Crippen molar-refractivity contribution in [2.24, 2.45) is 0 Å². The maximum atomic E-state index is 4.78. The van der Waals surface area contributed by atoms with Crippen LogP contribution in [0.1, 0.15) is 53.1 Å². The van der Waals surface area contributed by atoms with Crippen LogP contribution in [0.3, 0.4) is 0 Å². The Bertz CT molecular complexity index is 815. The van der Waals surface area contributed by atoms with Crippen molar-refractivity contribution < 1.29 is 0 Å². The zero-order valence-corrected chi connectivity index (χ0v) is 12.5. The summed E-state index contributed by atoms with van der Waals surface area (Å²) in [7, 11) is 0. The van der Waals surface area contributed by atoms with Gasteiger partial charge in [0.1, 0.15) is 5.01 Å². The average Bonchev–Trinajstić information content (AvgIpc) is 2.97. The van der Waals surface area contributed by atoms with Gasteiger partial charge in [-0.2, -0.15) is 9.61 Å². The van der Waals surface area contributed by atoms with Crippen molar-refractivity contribution in [3.63, 3.8) is 0 Å². The van der Waals surface area contributed by atoms with Gasteiger partial charge in [-0.3, -0.25) is 0 Å². The van der Waals surface area contributed by atoms with E-state index >= 15 is 0 Å². The highest BCUT2D eigenvalue weighted by Crippen LogP contribution is 2.40. The monoisotopic (exact) mass is 296 g/mol. The van der Waals surface area contributed by atoms with Crippen LogP contribution < -0.4 is 0 Å². The largest absolute Gasteiger partial charge is 0.234 e. The zero-order chi connectivity index (χ0) is 13.8. The summed E-state index contributed by atoms with van der Waals surface area (Å²) in [5.41, 5.74) is 3.04. The van der Waals surface area contributed by atoms with Crippen molar-refractivity contribution >= 4 is 16.3 Å². The lowest BCUT2D eigenvalue weighted by Gasteiger charge is -2.08. The molecule has 2 heterocycles. The molecular formula is C16H16N4S. The third-order valence-electron chi connectivity index (χ3n) is 4.68. The Morgan fingerprint density at radius 2 is 2.05 bits per heavy atom. The van der Waals surface area contributed by atoms with E-state index in [2.05, 4.69) is 34.5 Å². The molecule has 1 fully saturated rings. The molecule has 2 aromatic heterocycles. The molecule has 21 heavy (non-hydrogen) atoms. The van der Waals surface area contributed by atoms with Crippen molar-refractivity contribution in [1.29, 1.82) is 0 Å². The van der Waals surface area contributed by atoms with Gasteiger partial charge in [-0.15, -0.1) is 10.2 Å². The summed E-state index contributed by atoms with van der Waals surface area (Å²) >= 11 is 1.70. The van der Waals surface area contributed by atoms with E-state index in [0.29, 0.717) is 11.8 Å². The van der Waals surface area contributed by atoms with Crippen molar-refractivity contribution in [3.05, 3.63) is 46.2 Å². The summed E-state index contributed by atoms with van der Waals surface area (Å²) in [4.78, 5) is 0.957. The van der Waals surface area contributed by atoms with E-state index < -0.39 is 0 Å². The summed E-state index contributed by atoms with van der Waals surface area (Å²) in [6.07, 6.45) is 5.97. The summed E-state index contributed by atoms with van der Waals surface area (Å²) < 4.78 is 1.98. The molecule has 5 heteroatoms. The van der Waals surface area contributed by atoms with Gasteiger partial charge in [0, 0.05) is 12.3 Å². The molecule has 5 rings (SSSR count). The molecule has 0 spiro atoms. The van der Waals surface area contributed by atoms with Gasteiger partial charge in [-0.05, 0) is 42.7 Å². The molecular weight excluding hydrogens is 280 g/mol. The topological polar surface area (TPSA) is 43.1 Å². The van der Waals surface area contributed by atoms with E-state index in [4.69, 9.17) is 5.10 Å². The molecule has 2 aliphatic carbocycles. The lowest BCUT2D eigenvalue weighted by atomic mass is 9.98. The van der Waals surface area contributed by atoms with Crippen LogP contribution in [0.5, 0.6) is 0 Å². The molecule has 0 N–H and O–H groups in total. The van der Waals surface area contributed by atoms with Crippen LogP contribution in [0.4, 0.5) is 0 Å². The molecule has 0 radical (unpaired) electrons. The minimum absolute atomic E-state index is 0.599. The first kappa shape index (κ1) is 11.9. The number of nitrogens with zero attached hydrogens (tertiary/aromatic N) is 4. The van der Waals surface area contributed by atoms with Crippen LogP contribution in [-0.2, 0) is 12.8 Å². The first-order valence-electron chi connectivity index (χ1n) is 7.67. The van der Waals surface area contributed by atoms with Gasteiger partial charge >= 0.3 is 0 Å². The molecule has 106 valence electrons. The predicted octanol–water partition coefficient (Wildman–Crippen LogP) is 3.34. The van der Waals surface area contributed by atoms with Crippen molar-refractivity contribution in [3.8, 4) is 0 Å². The molecule has 4 nitrogen and oxygen atoms in total.